The third kappa shape index (κ3) is 5.58. The fourth-order valence-electron chi connectivity index (χ4n) is 3.32. The number of hydrogen-bond acceptors (Lipinski definition) is 6. The summed E-state index contributed by atoms with van der Waals surface area (Å²) in [6.07, 6.45) is 2.15. The van der Waals surface area contributed by atoms with Crippen LogP contribution in [0.4, 0.5) is 0 Å². The maximum Gasteiger partial charge on any atom is 0.331 e. The molecule has 1 aliphatic rings. The molecular formula is C22H31NO6. The Balaban J connectivity index is 2.16. The summed E-state index contributed by atoms with van der Waals surface area (Å²) in [5, 5.41) is 22.9. The number of nitrogens with one attached hydrogen (secondary N) is 1. The van der Waals surface area contributed by atoms with Gasteiger partial charge in [-0.15, -0.1) is 0 Å². The molecule has 0 spiro atoms. The zero-order chi connectivity index (χ0) is 21.8. The van der Waals surface area contributed by atoms with Crippen LogP contribution >= 0.6 is 0 Å². The number of esters is 1. The Morgan fingerprint density at radius 2 is 2.10 bits per heavy atom. The standard InChI is InChI=1S/C22H31NO6/c1-13(2)7-6-10-22(4)18(25)12-16-11-15(8-9-17(16)29-22)20(26)23-19(14(3)24)21(27)28-5/h7-9,11,14,18-19,24-25H,6,10,12H2,1-5H3,(H,23,26)/t14-,18+,19+,22+/m1/s1. The molecule has 0 bridgehead atoms. The summed E-state index contributed by atoms with van der Waals surface area (Å²) in [4.78, 5) is 24.3. The molecule has 3 N–H and O–H groups in total. The third-order valence-corrected chi connectivity index (χ3v) is 5.20. The first-order valence-corrected chi connectivity index (χ1v) is 9.77. The van der Waals surface area contributed by atoms with Gasteiger partial charge >= 0.3 is 5.97 Å². The topological polar surface area (TPSA) is 105 Å². The van der Waals surface area contributed by atoms with Crippen LogP contribution in [-0.4, -0.2) is 53.1 Å². The van der Waals surface area contributed by atoms with Gasteiger partial charge in [-0.2, -0.15) is 0 Å². The van der Waals surface area contributed by atoms with Crippen molar-refractivity contribution in [1.82, 2.24) is 5.32 Å². The second-order valence-electron chi connectivity index (χ2n) is 7.99. The van der Waals surface area contributed by atoms with Crippen LogP contribution < -0.4 is 10.1 Å². The van der Waals surface area contributed by atoms with E-state index in [2.05, 4.69) is 16.1 Å². The van der Waals surface area contributed by atoms with Crippen LogP contribution in [0.1, 0.15) is 56.5 Å². The van der Waals surface area contributed by atoms with Gasteiger partial charge in [-0.1, -0.05) is 11.6 Å². The van der Waals surface area contributed by atoms with Gasteiger partial charge in [-0.25, -0.2) is 4.79 Å². The predicted molar refractivity (Wildman–Crippen MR) is 109 cm³/mol. The summed E-state index contributed by atoms with van der Waals surface area (Å²) in [7, 11) is 1.19. The summed E-state index contributed by atoms with van der Waals surface area (Å²) in [6, 6.07) is 3.77. The normalized spacial score (nSPS) is 22.5. The van der Waals surface area contributed by atoms with Crippen molar-refractivity contribution in [1.29, 1.82) is 0 Å². The van der Waals surface area contributed by atoms with Crippen LogP contribution in [0, 0.1) is 0 Å². The number of aliphatic hydroxyl groups is 2. The SMILES string of the molecule is COC(=O)[C@@H](NC(=O)c1ccc2c(c1)C[C@H](O)[C@](C)(CCC=C(C)C)O2)[C@@H](C)O. The molecule has 7 nitrogen and oxygen atoms in total. The van der Waals surface area contributed by atoms with Gasteiger partial charge in [-0.05, 0) is 64.3 Å². The largest absolute Gasteiger partial charge is 0.485 e. The summed E-state index contributed by atoms with van der Waals surface area (Å²) < 4.78 is 10.7. The van der Waals surface area contributed by atoms with E-state index in [0.717, 1.165) is 12.0 Å². The number of hydrogen-bond donors (Lipinski definition) is 3. The lowest BCUT2D eigenvalue weighted by molar-refractivity contribution is -0.145. The van der Waals surface area contributed by atoms with Crippen molar-refractivity contribution < 1.29 is 29.3 Å². The molecule has 0 saturated carbocycles. The van der Waals surface area contributed by atoms with E-state index in [1.165, 1.54) is 19.6 Å². The van der Waals surface area contributed by atoms with E-state index >= 15 is 0 Å². The molecule has 2 rings (SSSR count). The molecule has 0 unspecified atom stereocenters. The van der Waals surface area contributed by atoms with Gasteiger partial charge in [-0.3, -0.25) is 4.79 Å². The van der Waals surface area contributed by atoms with E-state index in [0.29, 0.717) is 24.2 Å². The average Bonchev–Trinajstić information content (AvgIpc) is 2.65. The molecule has 160 valence electrons. The molecule has 0 saturated heterocycles. The highest BCUT2D eigenvalue weighted by atomic mass is 16.5. The van der Waals surface area contributed by atoms with Gasteiger partial charge in [0.05, 0.1) is 19.3 Å². The van der Waals surface area contributed by atoms with Crippen molar-refractivity contribution >= 4 is 11.9 Å². The Kier molecular flexibility index (Phi) is 7.43. The summed E-state index contributed by atoms with van der Waals surface area (Å²) in [5.41, 5.74) is 1.54. The Hall–Kier alpha value is -2.38. The number of allylic oxidation sites excluding steroid dienone is 2. The number of ether oxygens (including phenoxy) is 2. The van der Waals surface area contributed by atoms with Crippen molar-refractivity contribution in [2.75, 3.05) is 7.11 Å². The maximum atomic E-state index is 12.5. The lowest BCUT2D eigenvalue weighted by Gasteiger charge is -2.40. The molecule has 0 aliphatic carbocycles. The van der Waals surface area contributed by atoms with E-state index in [1.807, 2.05) is 20.8 Å². The molecule has 7 heteroatoms. The highest BCUT2D eigenvalue weighted by molar-refractivity contribution is 5.97. The van der Waals surface area contributed by atoms with Gasteiger partial charge in [0, 0.05) is 12.0 Å². The van der Waals surface area contributed by atoms with Gasteiger partial charge in [0.1, 0.15) is 11.4 Å². The molecule has 1 aromatic rings. The number of carbonyl (C=O) groups is 2. The molecular weight excluding hydrogens is 374 g/mol. The molecule has 4 atom stereocenters. The van der Waals surface area contributed by atoms with E-state index in [-0.39, 0.29) is 0 Å². The van der Waals surface area contributed by atoms with E-state index in [4.69, 9.17) is 4.74 Å². The zero-order valence-electron chi connectivity index (χ0n) is 17.7. The third-order valence-electron chi connectivity index (χ3n) is 5.20. The van der Waals surface area contributed by atoms with E-state index in [9.17, 15) is 19.8 Å². The van der Waals surface area contributed by atoms with Crippen LogP contribution in [0.15, 0.2) is 29.8 Å². The first-order valence-electron chi connectivity index (χ1n) is 9.77. The van der Waals surface area contributed by atoms with Crippen molar-refractivity contribution in [3.8, 4) is 5.75 Å². The van der Waals surface area contributed by atoms with E-state index < -0.39 is 35.7 Å². The van der Waals surface area contributed by atoms with Crippen molar-refractivity contribution in [3.63, 3.8) is 0 Å². The number of carbonyl (C=O) groups excluding carboxylic acids is 2. The highest BCUT2D eigenvalue weighted by Gasteiger charge is 2.39. The number of rotatable bonds is 7. The number of benzene rings is 1. The van der Waals surface area contributed by atoms with Crippen LogP contribution in [0.5, 0.6) is 5.75 Å². The summed E-state index contributed by atoms with van der Waals surface area (Å²) >= 11 is 0. The number of methoxy groups -OCH3 is 1. The maximum absolute atomic E-state index is 12.5. The van der Waals surface area contributed by atoms with Crippen LogP contribution in [0.3, 0.4) is 0 Å². The number of fused-ring (bicyclic) bond motifs is 1. The molecule has 29 heavy (non-hydrogen) atoms. The van der Waals surface area contributed by atoms with Gasteiger partial charge in [0.2, 0.25) is 0 Å². The van der Waals surface area contributed by atoms with Gasteiger partial charge in [0.25, 0.3) is 5.91 Å². The lowest BCUT2D eigenvalue weighted by Crippen LogP contribution is -2.49. The Morgan fingerprint density at radius 3 is 2.69 bits per heavy atom. The van der Waals surface area contributed by atoms with Gasteiger partial charge in [0.15, 0.2) is 6.04 Å². The molecule has 0 radical (unpaired) electrons. The Bertz CT molecular complexity index is 784. The lowest BCUT2D eigenvalue weighted by atomic mass is 9.85. The Morgan fingerprint density at radius 1 is 1.41 bits per heavy atom. The minimum Gasteiger partial charge on any atom is -0.485 e. The molecule has 1 heterocycles. The van der Waals surface area contributed by atoms with E-state index in [1.54, 1.807) is 18.2 Å². The fraction of sp³-hybridized carbons (Fsp3) is 0.545. The second-order valence-corrected chi connectivity index (χ2v) is 7.99. The zero-order valence-corrected chi connectivity index (χ0v) is 17.7. The van der Waals surface area contributed by atoms with Crippen LogP contribution in [-0.2, 0) is 16.0 Å². The first kappa shape index (κ1) is 22.9. The minimum atomic E-state index is -1.16. The molecule has 0 fully saturated rings. The average molecular weight is 405 g/mol. The van der Waals surface area contributed by atoms with Crippen LogP contribution in [0.25, 0.3) is 0 Å². The molecule has 1 amide bonds. The van der Waals surface area contributed by atoms with Gasteiger partial charge < -0.3 is 25.0 Å². The van der Waals surface area contributed by atoms with Crippen molar-refractivity contribution in [3.05, 3.63) is 41.0 Å². The number of amides is 1. The predicted octanol–water partition coefficient (Wildman–Crippen LogP) is 2.14. The minimum absolute atomic E-state index is 0.308. The number of aliphatic hydroxyl groups excluding tert-OH is 2. The summed E-state index contributed by atoms with van der Waals surface area (Å²) in [6.45, 7) is 7.36. The molecule has 1 aliphatic heterocycles. The Labute approximate surface area is 171 Å². The highest BCUT2D eigenvalue weighted by Crippen LogP contribution is 2.36. The summed E-state index contributed by atoms with van der Waals surface area (Å²) in [5.74, 6) is -0.612. The van der Waals surface area contributed by atoms with Crippen molar-refractivity contribution in [2.45, 2.75) is 70.8 Å². The molecule has 0 aromatic heterocycles. The molecule has 1 aromatic carbocycles. The fourth-order valence-corrected chi connectivity index (χ4v) is 3.32. The second kappa shape index (κ2) is 9.41. The smallest absolute Gasteiger partial charge is 0.331 e. The van der Waals surface area contributed by atoms with Crippen molar-refractivity contribution in [2.24, 2.45) is 0 Å². The monoisotopic (exact) mass is 405 g/mol. The first-order chi connectivity index (χ1) is 13.6. The quantitative estimate of drug-likeness (QED) is 0.474. The van der Waals surface area contributed by atoms with Crippen LogP contribution in [0.2, 0.25) is 0 Å².